The topological polar surface area (TPSA) is 34.0 Å². The maximum absolute atomic E-state index is 12.3. The first kappa shape index (κ1) is 17.6. The Morgan fingerprint density at radius 3 is 2.42 bits per heavy atom. The molecule has 3 rings (SSSR count). The van der Waals surface area contributed by atoms with E-state index < -0.39 is 0 Å². The smallest absolute Gasteiger partial charge is 0.260 e. The fourth-order valence-corrected chi connectivity index (χ4v) is 4.01. The quantitative estimate of drug-likeness (QED) is 0.900. The van der Waals surface area contributed by atoms with E-state index in [4.69, 9.17) is 16.3 Å². The van der Waals surface area contributed by atoms with Crippen LogP contribution in [0.5, 0.6) is 5.75 Å². The van der Waals surface area contributed by atoms with Gasteiger partial charge in [0.2, 0.25) is 0 Å². The molecule has 1 aliphatic carbocycles. The summed E-state index contributed by atoms with van der Waals surface area (Å²) < 4.78 is 5.57. The lowest BCUT2D eigenvalue weighted by Crippen LogP contribution is -3.18. The number of benzene rings is 1. The highest BCUT2D eigenvalue weighted by atomic mass is 35.5. The molecule has 2 aliphatic rings. The third kappa shape index (κ3) is 4.64. The number of carbonyl (C=O) groups is 1. The molecule has 1 amide bonds. The van der Waals surface area contributed by atoms with Crippen LogP contribution in [0, 0.1) is 5.92 Å². The summed E-state index contributed by atoms with van der Waals surface area (Å²) in [5.74, 6) is 1.67. The average Bonchev–Trinajstić information content (AvgIpc) is 2.62. The third-order valence-electron chi connectivity index (χ3n) is 5.53. The first-order valence-corrected chi connectivity index (χ1v) is 9.50. The molecule has 1 aromatic carbocycles. The van der Waals surface area contributed by atoms with E-state index in [1.165, 1.54) is 25.7 Å². The lowest BCUT2D eigenvalue weighted by Gasteiger charge is -2.38. The molecule has 0 spiro atoms. The van der Waals surface area contributed by atoms with Crippen molar-refractivity contribution >= 4 is 17.5 Å². The van der Waals surface area contributed by atoms with E-state index in [2.05, 4.69) is 6.92 Å². The standard InChI is InChI=1S/C19H27ClN2O2/c1-15-2-6-17(7-3-15)21-10-12-22(13-11-21)19(23)14-24-18-8-4-16(20)5-9-18/h4-5,8-9,15,17H,2-3,6-7,10-14H2,1H3/p+1. The highest BCUT2D eigenvalue weighted by Crippen LogP contribution is 2.22. The maximum atomic E-state index is 12.3. The highest BCUT2D eigenvalue weighted by molar-refractivity contribution is 6.30. The zero-order valence-corrected chi connectivity index (χ0v) is 15.2. The molecule has 24 heavy (non-hydrogen) atoms. The number of carbonyl (C=O) groups excluding carboxylic acids is 1. The Hall–Kier alpha value is -1.26. The SMILES string of the molecule is CC1CCC([NH+]2CCN(C(=O)COc3ccc(Cl)cc3)CC2)CC1. The Balaban J connectivity index is 1.41. The molecule has 2 fully saturated rings. The molecule has 1 saturated heterocycles. The summed E-state index contributed by atoms with van der Waals surface area (Å²) in [6, 6.07) is 7.94. The number of amides is 1. The normalized spacial score (nSPS) is 25.5. The fourth-order valence-electron chi connectivity index (χ4n) is 3.89. The van der Waals surface area contributed by atoms with Crippen LogP contribution in [-0.4, -0.2) is 49.6 Å². The second kappa shape index (κ2) is 8.21. The molecule has 0 radical (unpaired) electrons. The number of nitrogens with one attached hydrogen (secondary N) is 1. The minimum atomic E-state index is 0.0845. The monoisotopic (exact) mass is 351 g/mol. The van der Waals surface area contributed by atoms with E-state index in [1.54, 1.807) is 29.2 Å². The number of quaternary nitrogens is 1. The molecular weight excluding hydrogens is 324 g/mol. The Morgan fingerprint density at radius 2 is 1.79 bits per heavy atom. The van der Waals surface area contributed by atoms with Gasteiger partial charge in [0.1, 0.15) is 5.75 Å². The Kier molecular flexibility index (Phi) is 6.01. The molecule has 0 atom stereocenters. The van der Waals surface area contributed by atoms with E-state index in [9.17, 15) is 4.79 Å². The third-order valence-corrected chi connectivity index (χ3v) is 5.78. The molecule has 5 heteroatoms. The van der Waals surface area contributed by atoms with Crippen molar-refractivity contribution in [3.05, 3.63) is 29.3 Å². The maximum Gasteiger partial charge on any atom is 0.260 e. The van der Waals surface area contributed by atoms with Crippen molar-refractivity contribution in [1.82, 2.24) is 4.90 Å². The largest absolute Gasteiger partial charge is 0.484 e. The predicted molar refractivity (Wildman–Crippen MR) is 95.6 cm³/mol. The van der Waals surface area contributed by atoms with Gasteiger partial charge in [0, 0.05) is 5.02 Å². The van der Waals surface area contributed by atoms with Crippen molar-refractivity contribution in [2.24, 2.45) is 5.92 Å². The lowest BCUT2D eigenvalue weighted by molar-refractivity contribution is -0.930. The summed E-state index contributed by atoms with van der Waals surface area (Å²) in [5, 5.41) is 0.671. The zero-order chi connectivity index (χ0) is 16.9. The van der Waals surface area contributed by atoms with Crippen LogP contribution in [0.2, 0.25) is 5.02 Å². The van der Waals surface area contributed by atoms with E-state index in [0.29, 0.717) is 10.8 Å². The molecule has 4 nitrogen and oxygen atoms in total. The first-order chi connectivity index (χ1) is 11.6. The minimum absolute atomic E-state index is 0.0845. The highest BCUT2D eigenvalue weighted by Gasteiger charge is 2.31. The first-order valence-electron chi connectivity index (χ1n) is 9.12. The Bertz CT molecular complexity index is 533. The molecule has 1 aliphatic heterocycles. The van der Waals surface area contributed by atoms with Crippen LogP contribution >= 0.6 is 11.6 Å². The number of hydrogen-bond acceptors (Lipinski definition) is 2. The van der Waals surface area contributed by atoms with Crippen molar-refractivity contribution in [3.8, 4) is 5.75 Å². The van der Waals surface area contributed by atoms with Gasteiger partial charge in [-0.1, -0.05) is 18.5 Å². The van der Waals surface area contributed by atoms with Crippen molar-refractivity contribution in [3.63, 3.8) is 0 Å². The molecule has 1 N–H and O–H groups in total. The van der Waals surface area contributed by atoms with E-state index in [-0.39, 0.29) is 12.5 Å². The minimum Gasteiger partial charge on any atom is -0.484 e. The molecule has 132 valence electrons. The molecule has 1 aromatic rings. The zero-order valence-electron chi connectivity index (χ0n) is 14.5. The molecule has 0 unspecified atom stereocenters. The Morgan fingerprint density at radius 1 is 1.17 bits per heavy atom. The van der Waals surface area contributed by atoms with Crippen LogP contribution in [0.4, 0.5) is 0 Å². The van der Waals surface area contributed by atoms with E-state index in [1.807, 2.05) is 4.90 Å². The number of nitrogens with zero attached hydrogens (tertiary/aromatic N) is 1. The molecular formula is C19H28ClN2O2+. The van der Waals surface area contributed by atoms with Crippen LogP contribution in [0.15, 0.2) is 24.3 Å². The number of rotatable bonds is 4. The van der Waals surface area contributed by atoms with Gasteiger partial charge in [0.25, 0.3) is 5.91 Å². The summed E-state index contributed by atoms with van der Waals surface area (Å²) in [7, 11) is 0. The van der Waals surface area contributed by atoms with Crippen molar-refractivity contribution in [1.29, 1.82) is 0 Å². The molecule has 0 bridgehead atoms. The van der Waals surface area contributed by atoms with Gasteiger partial charge in [-0.3, -0.25) is 4.79 Å². The molecule has 0 aromatic heterocycles. The van der Waals surface area contributed by atoms with Crippen LogP contribution in [-0.2, 0) is 4.79 Å². The predicted octanol–water partition coefficient (Wildman–Crippen LogP) is 2.02. The summed E-state index contributed by atoms with van der Waals surface area (Å²) in [6.07, 6.45) is 5.44. The van der Waals surface area contributed by atoms with Gasteiger partial charge in [-0.25, -0.2) is 0 Å². The Labute approximate surface area is 149 Å². The van der Waals surface area contributed by atoms with Gasteiger partial charge in [0.05, 0.1) is 32.2 Å². The van der Waals surface area contributed by atoms with Crippen LogP contribution < -0.4 is 9.64 Å². The van der Waals surface area contributed by atoms with Gasteiger partial charge in [-0.15, -0.1) is 0 Å². The lowest BCUT2D eigenvalue weighted by atomic mass is 9.86. The van der Waals surface area contributed by atoms with Crippen LogP contribution in [0.3, 0.4) is 0 Å². The van der Waals surface area contributed by atoms with Gasteiger partial charge < -0.3 is 14.5 Å². The molecule has 1 saturated carbocycles. The van der Waals surface area contributed by atoms with Crippen LogP contribution in [0.1, 0.15) is 32.6 Å². The average molecular weight is 352 g/mol. The van der Waals surface area contributed by atoms with Crippen molar-refractivity contribution < 1.29 is 14.4 Å². The summed E-state index contributed by atoms with van der Waals surface area (Å²) >= 11 is 5.85. The van der Waals surface area contributed by atoms with Gasteiger partial charge in [-0.2, -0.15) is 0 Å². The van der Waals surface area contributed by atoms with E-state index in [0.717, 1.165) is 38.1 Å². The van der Waals surface area contributed by atoms with E-state index >= 15 is 0 Å². The second-order valence-electron chi connectivity index (χ2n) is 7.24. The van der Waals surface area contributed by atoms with Crippen molar-refractivity contribution in [2.75, 3.05) is 32.8 Å². The second-order valence-corrected chi connectivity index (χ2v) is 7.67. The van der Waals surface area contributed by atoms with Gasteiger partial charge >= 0.3 is 0 Å². The number of halogens is 1. The van der Waals surface area contributed by atoms with Gasteiger partial charge in [0.15, 0.2) is 6.61 Å². The number of ether oxygens (including phenoxy) is 1. The fraction of sp³-hybridized carbons (Fsp3) is 0.632. The number of hydrogen-bond donors (Lipinski definition) is 1. The summed E-state index contributed by atoms with van der Waals surface area (Å²) in [4.78, 5) is 16.0. The molecule has 1 heterocycles. The summed E-state index contributed by atoms with van der Waals surface area (Å²) in [5.41, 5.74) is 0. The van der Waals surface area contributed by atoms with Crippen LogP contribution in [0.25, 0.3) is 0 Å². The van der Waals surface area contributed by atoms with Gasteiger partial charge in [-0.05, 0) is 55.9 Å². The number of piperazine rings is 1. The summed E-state index contributed by atoms with van der Waals surface area (Å²) in [6.45, 7) is 6.33. The van der Waals surface area contributed by atoms with Crippen molar-refractivity contribution in [2.45, 2.75) is 38.6 Å².